The Morgan fingerprint density at radius 1 is 1.12 bits per heavy atom. The van der Waals surface area contributed by atoms with Crippen LogP contribution in [-0.4, -0.2) is 19.9 Å². The highest BCUT2D eigenvalue weighted by atomic mass is 35.5. The van der Waals surface area contributed by atoms with Gasteiger partial charge in [0.05, 0.1) is 23.4 Å². The lowest BCUT2D eigenvalue weighted by Gasteiger charge is -2.13. The maximum Gasteiger partial charge on any atom is 0.416 e. The summed E-state index contributed by atoms with van der Waals surface area (Å²) in [6.07, 6.45) is -2.99. The summed E-state index contributed by atoms with van der Waals surface area (Å²) in [7, 11) is 1.42. The normalized spacial score (nSPS) is 11.6. The second kappa shape index (κ2) is 8.11. The molecule has 0 radical (unpaired) electrons. The largest absolute Gasteiger partial charge is 0.493 e. The molecule has 0 spiro atoms. The number of hydrogen-bond donors (Lipinski definition) is 0. The quantitative estimate of drug-likeness (QED) is 0.493. The lowest BCUT2D eigenvalue weighted by Crippen LogP contribution is -2.04. The molecule has 0 N–H and O–H groups in total. The Balaban J connectivity index is 2.28. The van der Waals surface area contributed by atoms with Crippen molar-refractivity contribution >= 4 is 17.8 Å². The molecular weight excluding hydrogens is 359 g/mol. The third kappa shape index (κ3) is 5.03. The summed E-state index contributed by atoms with van der Waals surface area (Å²) in [5.74, 6) is 0.957. The minimum Gasteiger partial charge on any atom is -0.493 e. The Morgan fingerprint density at radius 2 is 1.88 bits per heavy atom. The van der Waals surface area contributed by atoms with Crippen LogP contribution in [0.1, 0.15) is 18.1 Å². The molecule has 0 aliphatic heterocycles. The molecule has 0 aliphatic carbocycles. The van der Waals surface area contributed by atoms with E-state index >= 15 is 0 Å². The fraction of sp³-hybridized carbons (Fsp3) is 0.235. The first-order valence-electron chi connectivity index (χ1n) is 7.23. The van der Waals surface area contributed by atoms with Crippen molar-refractivity contribution in [1.82, 2.24) is 0 Å². The molecule has 2 aromatic carbocycles. The number of hydrogen-bond acceptors (Lipinski definition) is 4. The van der Waals surface area contributed by atoms with E-state index in [4.69, 9.17) is 21.1 Å². The number of oxime groups is 1. The third-order valence-electron chi connectivity index (χ3n) is 3.07. The van der Waals surface area contributed by atoms with Gasteiger partial charge in [-0.1, -0.05) is 16.8 Å². The van der Waals surface area contributed by atoms with E-state index in [1.54, 1.807) is 18.2 Å². The minimum absolute atomic E-state index is 0.107. The van der Waals surface area contributed by atoms with Crippen LogP contribution in [0.3, 0.4) is 0 Å². The van der Waals surface area contributed by atoms with Gasteiger partial charge in [0.25, 0.3) is 0 Å². The van der Waals surface area contributed by atoms with Crippen LogP contribution >= 0.6 is 11.6 Å². The monoisotopic (exact) mass is 373 g/mol. The number of alkyl halides is 3. The van der Waals surface area contributed by atoms with Gasteiger partial charge in [-0.05, 0) is 37.3 Å². The highest BCUT2D eigenvalue weighted by Gasteiger charge is 2.31. The van der Waals surface area contributed by atoms with E-state index in [1.807, 2.05) is 6.92 Å². The van der Waals surface area contributed by atoms with Crippen LogP contribution in [0.5, 0.6) is 17.2 Å². The number of nitrogens with zero attached hydrogens (tertiary/aromatic N) is 1. The molecule has 134 valence electrons. The average molecular weight is 374 g/mol. The summed E-state index contributed by atoms with van der Waals surface area (Å²) in [5, 5.41) is 3.53. The first-order valence-corrected chi connectivity index (χ1v) is 7.61. The summed E-state index contributed by atoms with van der Waals surface area (Å²) in [6.45, 7) is 2.23. The second-order valence-corrected chi connectivity index (χ2v) is 5.20. The smallest absolute Gasteiger partial charge is 0.416 e. The number of benzene rings is 2. The zero-order valence-electron chi connectivity index (χ0n) is 13.4. The van der Waals surface area contributed by atoms with Crippen LogP contribution < -0.4 is 9.47 Å². The molecule has 0 saturated carbocycles. The molecule has 0 fully saturated rings. The second-order valence-electron chi connectivity index (χ2n) is 4.79. The van der Waals surface area contributed by atoms with Crippen molar-refractivity contribution in [2.45, 2.75) is 13.1 Å². The van der Waals surface area contributed by atoms with Gasteiger partial charge < -0.3 is 14.3 Å². The van der Waals surface area contributed by atoms with E-state index < -0.39 is 11.7 Å². The first kappa shape index (κ1) is 18.9. The van der Waals surface area contributed by atoms with Gasteiger partial charge in [-0.15, -0.1) is 0 Å². The fourth-order valence-electron chi connectivity index (χ4n) is 1.96. The zero-order valence-corrected chi connectivity index (χ0v) is 14.2. The summed E-state index contributed by atoms with van der Waals surface area (Å²) in [4.78, 5) is 4.63. The summed E-state index contributed by atoms with van der Waals surface area (Å²) in [6, 6.07) is 7.79. The Labute approximate surface area is 147 Å². The van der Waals surface area contributed by atoms with Gasteiger partial charge in [-0.2, -0.15) is 13.2 Å². The van der Waals surface area contributed by atoms with E-state index in [2.05, 4.69) is 9.99 Å². The molecule has 0 aromatic heterocycles. The van der Waals surface area contributed by atoms with Crippen LogP contribution in [0.2, 0.25) is 5.02 Å². The van der Waals surface area contributed by atoms with Crippen molar-refractivity contribution in [3.05, 3.63) is 52.5 Å². The van der Waals surface area contributed by atoms with Crippen LogP contribution in [0, 0.1) is 0 Å². The fourth-order valence-corrected chi connectivity index (χ4v) is 2.18. The molecule has 0 atom stereocenters. The van der Waals surface area contributed by atoms with E-state index in [-0.39, 0.29) is 10.8 Å². The van der Waals surface area contributed by atoms with Crippen LogP contribution in [0.25, 0.3) is 0 Å². The maximum atomic E-state index is 12.7. The SMILES string of the molecule is CCOc1cc(Oc2ccc(C(F)(F)F)cc2Cl)ccc1/C=N/OC. The number of ether oxygens (including phenoxy) is 2. The molecule has 2 rings (SSSR count). The maximum absolute atomic E-state index is 12.7. The van der Waals surface area contributed by atoms with E-state index in [9.17, 15) is 13.2 Å². The highest BCUT2D eigenvalue weighted by Crippen LogP contribution is 2.37. The third-order valence-corrected chi connectivity index (χ3v) is 3.36. The van der Waals surface area contributed by atoms with Gasteiger partial charge in [0.2, 0.25) is 0 Å². The van der Waals surface area contributed by atoms with Gasteiger partial charge in [0, 0.05) is 11.6 Å². The molecule has 0 heterocycles. The molecule has 2 aromatic rings. The minimum atomic E-state index is -4.47. The molecule has 8 heteroatoms. The molecular formula is C17H15ClF3NO3. The van der Waals surface area contributed by atoms with Crippen molar-refractivity contribution in [3.63, 3.8) is 0 Å². The predicted molar refractivity (Wildman–Crippen MR) is 88.7 cm³/mol. The molecule has 0 aliphatic rings. The topological polar surface area (TPSA) is 40.0 Å². The number of rotatable bonds is 6. The Morgan fingerprint density at radius 3 is 2.48 bits per heavy atom. The lowest BCUT2D eigenvalue weighted by atomic mass is 10.2. The van der Waals surface area contributed by atoms with E-state index in [0.717, 1.165) is 12.1 Å². The van der Waals surface area contributed by atoms with Gasteiger partial charge in [0.15, 0.2) is 0 Å². The molecule has 0 unspecified atom stereocenters. The molecule has 0 amide bonds. The van der Waals surface area contributed by atoms with Crippen molar-refractivity contribution in [2.75, 3.05) is 13.7 Å². The van der Waals surface area contributed by atoms with Crippen LogP contribution in [0.4, 0.5) is 13.2 Å². The summed E-state index contributed by atoms with van der Waals surface area (Å²) < 4.78 is 49.1. The lowest BCUT2D eigenvalue weighted by molar-refractivity contribution is -0.137. The molecule has 4 nitrogen and oxygen atoms in total. The van der Waals surface area contributed by atoms with Crippen LogP contribution in [0.15, 0.2) is 41.6 Å². The van der Waals surface area contributed by atoms with E-state index in [0.29, 0.717) is 23.7 Å². The predicted octanol–water partition coefficient (Wildman–Crippen LogP) is 5.53. The molecule has 0 bridgehead atoms. The Hall–Kier alpha value is -2.41. The van der Waals surface area contributed by atoms with Crippen molar-refractivity contribution in [3.8, 4) is 17.2 Å². The summed E-state index contributed by atoms with van der Waals surface area (Å²) in [5.41, 5.74) is -0.180. The van der Waals surface area contributed by atoms with Crippen LogP contribution in [-0.2, 0) is 11.0 Å². The standard InChI is InChI=1S/C17H15ClF3NO3/c1-3-24-16-9-13(6-4-11(16)10-22-23-2)25-15-7-5-12(8-14(15)18)17(19,20)21/h4-10H,3H2,1-2H3/b22-10+. The van der Waals surface area contributed by atoms with Gasteiger partial charge in [0.1, 0.15) is 24.4 Å². The van der Waals surface area contributed by atoms with Crippen molar-refractivity contribution in [1.29, 1.82) is 0 Å². The Bertz CT molecular complexity index is 763. The summed E-state index contributed by atoms with van der Waals surface area (Å²) >= 11 is 5.89. The van der Waals surface area contributed by atoms with Crippen molar-refractivity contribution < 1.29 is 27.5 Å². The zero-order chi connectivity index (χ0) is 18.4. The Kier molecular flexibility index (Phi) is 6.14. The first-order chi connectivity index (χ1) is 11.8. The van der Waals surface area contributed by atoms with Crippen molar-refractivity contribution in [2.24, 2.45) is 5.16 Å². The van der Waals surface area contributed by atoms with Gasteiger partial charge in [-0.3, -0.25) is 0 Å². The van der Waals surface area contributed by atoms with Gasteiger partial charge >= 0.3 is 6.18 Å². The highest BCUT2D eigenvalue weighted by molar-refractivity contribution is 6.32. The molecule has 25 heavy (non-hydrogen) atoms. The van der Waals surface area contributed by atoms with Gasteiger partial charge in [-0.25, -0.2) is 0 Å². The van der Waals surface area contributed by atoms with E-state index in [1.165, 1.54) is 19.4 Å². The average Bonchev–Trinajstić information content (AvgIpc) is 2.55. The number of halogens is 4. The molecule has 0 saturated heterocycles.